The third-order valence-corrected chi connectivity index (χ3v) is 3.93. The van der Waals surface area contributed by atoms with E-state index >= 15 is 0 Å². The molecule has 0 saturated carbocycles. The monoisotopic (exact) mass is 287 g/mol. The van der Waals surface area contributed by atoms with Crippen LogP contribution in [-0.2, 0) is 18.7 Å². The lowest BCUT2D eigenvalue weighted by atomic mass is 10.1. The molecular formula is C17H18ClNO. The summed E-state index contributed by atoms with van der Waals surface area (Å²) < 4.78 is 5.53. The van der Waals surface area contributed by atoms with E-state index in [0.29, 0.717) is 5.88 Å². The molecule has 1 aliphatic rings. The molecule has 3 heteroatoms. The van der Waals surface area contributed by atoms with Crippen LogP contribution >= 0.6 is 11.6 Å². The van der Waals surface area contributed by atoms with Gasteiger partial charge in [0.05, 0.1) is 6.61 Å². The maximum Gasteiger partial charge on any atom is 0.122 e. The predicted octanol–water partition coefficient (Wildman–Crippen LogP) is 4.01. The number of para-hydroxylation sites is 1. The second-order valence-electron chi connectivity index (χ2n) is 5.01. The van der Waals surface area contributed by atoms with Crippen LogP contribution in [0.5, 0.6) is 5.75 Å². The average Bonchev–Trinajstić information content (AvgIpc) is 2.95. The van der Waals surface area contributed by atoms with E-state index in [0.717, 1.165) is 43.0 Å². The number of alkyl halides is 1. The van der Waals surface area contributed by atoms with Crippen LogP contribution in [0.4, 0.5) is 5.69 Å². The van der Waals surface area contributed by atoms with Crippen LogP contribution in [0.3, 0.4) is 0 Å². The molecule has 1 heterocycles. The molecule has 104 valence electrons. The number of anilines is 1. The van der Waals surface area contributed by atoms with Crippen molar-refractivity contribution in [2.45, 2.75) is 18.7 Å². The van der Waals surface area contributed by atoms with Crippen molar-refractivity contribution >= 4 is 17.3 Å². The van der Waals surface area contributed by atoms with Gasteiger partial charge in [-0.2, -0.15) is 0 Å². The fourth-order valence-electron chi connectivity index (χ4n) is 2.55. The lowest BCUT2D eigenvalue weighted by Crippen LogP contribution is -2.06. The minimum atomic E-state index is 0.541. The Hall–Kier alpha value is -1.67. The summed E-state index contributed by atoms with van der Waals surface area (Å²) >= 11 is 5.94. The van der Waals surface area contributed by atoms with Crippen LogP contribution in [0.1, 0.15) is 16.7 Å². The van der Waals surface area contributed by atoms with Gasteiger partial charge in [-0.25, -0.2) is 0 Å². The number of halogens is 1. The molecule has 0 aliphatic carbocycles. The van der Waals surface area contributed by atoms with Crippen LogP contribution in [0, 0.1) is 0 Å². The fourth-order valence-corrected chi connectivity index (χ4v) is 2.78. The lowest BCUT2D eigenvalue weighted by Gasteiger charge is -2.10. The Morgan fingerprint density at radius 2 is 2.05 bits per heavy atom. The first-order valence-electron chi connectivity index (χ1n) is 6.99. The van der Waals surface area contributed by atoms with E-state index in [9.17, 15) is 0 Å². The quantitative estimate of drug-likeness (QED) is 0.839. The highest BCUT2D eigenvalue weighted by Gasteiger charge is 2.11. The molecular weight excluding hydrogens is 270 g/mol. The molecule has 0 fully saturated rings. The van der Waals surface area contributed by atoms with Gasteiger partial charge in [-0.05, 0) is 35.2 Å². The zero-order chi connectivity index (χ0) is 13.8. The van der Waals surface area contributed by atoms with E-state index in [4.69, 9.17) is 16.3 Å². The first-order chi connectivity index (χ1) is 9.86. The van der Waals surface area contributed by atoms with Gasteiger partial charge in [0.2, 0.25) is 0 Å². The highest BCUT2D eigenvalue weighted by molar-refractivity contribution is 6.17. The number of rotatable bonds is 5. The third-order valence-electron chi connectivity index (χ3n) is 3.64. The van der Waals surface area contributed by atoms with Gasteiger partial charge < -0.3 is 10.1 Å². The second-order valence-corrected chi connectivity index (χ2v) is 5.28. The second kappa shape index (κ2) is 6.19. The molecule has 20 heavy (non-hydrogen) atoms. The third kappa shape index (κ3) is 2.91. The van der Waals surface area contributed by atoms with Crippen LogP contribution < -0.4 is 10.1 Å². The van der Waals surface area contributed by atoms with Crippen LogP contribution in [-0.4, -0.2) is 13.2 Å². The Morgan fingerprint density at radius 1 is 1.15 bits per heavy atom. The normalized spacial score (nSPS) is 12.8. The number of hydrogen-bond acceptors (Lipinski definition) is 2. The predicted molar refractivity (Wildman–Crippen MR) is 83.8 cm³/mol. The van der Waals surface area contributed by atoms with E-state index in [1.807, 2.05) is 12.1 Å². The van der Waals surface area contributed by atoms with Gasteiger partial charge in [-0.1, -0.05) is 30.3 Å². The Labute approximate surface area is 124 Å². The Bertz CT molecular complexity index is 597. The van der Waals surface area contributed by atoms with Crippen molar-refractivity contribution < 1.29 is 4.74 Å². The molecule has 0 spiro atoms. The van der Waals surface area contributed by atoms with E-state index in [1.54, 1.807) is 0 Å². The van der Waals surface area contributed by atoms with E-state index < -0.39 is 0 Å². The van der Waals surface area contributed by atoms with E-state index in [2.05, 4.69) is 35.6 Å². The Morgan fingerprint density at radius 3 is 2.95 bits per heavy atom. The van der Waals surface area contributed by atoms with Gasteiger partial charge in [0.1, 0.15) is 5.75 Å². The molecule has 0 amide bonds. The first-order valence-corrected chi connectivity index (χ1v) is 7.52. The summed E-state index contributed by atoms with van der Waals surface area (Å²) in [5.41, 5.74) is 4.97. The van der Waals surface area contributed by atoms with Crippen molar-refractivity contribution in [3.8, 4) is 5.75 Å². The molecule has 1 N–H and O–H groups in total. The molecule has 1 aliphatic heterocycles. The summed E-state index contributed by atoms with van der Waals surface area (Å²) in [7, 11) is 0. The molecule has 0 unspecified atom stereocenters. The van der Waals surface area contributed by atoms with Crippen LogP contribution in [0.15, 0.2) is 42.5 Å². The minimum Gasteiger partial charge on any atom is -0.493 e. The molecule has 0 bridgehead atoms. The fraction of sp³-hybridized carbons (Fsp3) is 0.294. The summed E-state index contributed by atoms with van der Waals surface area (Å²) in [4.78, 5) is 0. The molecule has 0 radical (unpaired) electrons. The van der Waals surface area contributed by atoms with Crippen molar-refractivity contribution in [1.29, 1.82) is 0 Å². The zero-order valence-corrected chi connectivity index (χ0v) is 12.1. The standard InChI is InChI=1S/C17H18ClNO/c18-12-15-3-1-2-4-16(15)19-9-7-13-5-6-17-14(11-13)8-10-20-17/h1-6,11,19H,7-10,12H2. The Kier molecular flexibility index (Phi) is 4.12. The van der Waals surface area contributed by atoms with Gasteiger partial charge in [0.15, 0.2) is 0 Å². The lowest BCUT2D eigenvalue weighted by molar-refractivity contribution is 0.357. The summed E-state index contributed by atoms with van der Waals surface area (Å²) in [5.74, 6) is 1.59. The van der Waals surface area contributed by atoms with Crippen molar-refractivity contribution in [2.75, 3.05) is 18.5 Å². The molecule has 3 rings (SSSR count). The molecule has 2 aromatic rings. The van der Waals surface area contributed by atoms with Gasteiger partial charge in [-0.15, -0.1) is 11.6 Å². The molecule has 2 nitrogen and oxygen atoms in total. The molecule has 0 saturated heterocycles. The molecule has 0 aromatic heterocycles. The van der Waals surface area contributed by atoms with Crippen LogP contribution in [0.2, 0.25) is 0 Å². The molecule has 2 aromatic carbocycles. The van der Waals surface area contributed by atoms with Gasteiger partial charge in [-0.3, -0.25) is 0 Å². The average molecular weight is 288 g/mol. The number of hydrogen-bond donors (Lipinski definition) is 1. The number of nitrogens with one attached hydrogen (secondary N) is 1. The largest absolute Gasteiger partial charge is 0.493 e. The van der Waals surface area contributed by atoms with Gasteiger partial charge in [0.25, 0.3) is 0 Å². The number of ether oxygens (including phenoxy) is 1. The van der Waals surface area contributed by atoms with E-state index in [-0.39, 0.29) is 0 Å². The minimum absolute atomic E-state index is 0.541. The van der Waals surface area contributed by atoms with Gasteiger partial charge >= 0.3 is 0 Å². The summed E-state index contributed by atoms with van der Waals surface area (Å²) in [6, 6.07) is 14.7. The van der Waals surface area contributed by atoms with Crippen molar-refractivity contribution in [3.63, 3.8) is 0 Å². The zero-order valence-electron chi connectivity index (χ0n) is 11.4. The van der Waals surface area contributed by atoms with E-state index in [1.165, 1.54) is 11.1 Å². The summed E-state index contributed by atoms with van der Waals surface area (Å²) in [6.07, 6.45) is 2.04. The summed E-state index contributed by atoms with van der Waals surface area (Å²) in [6.45, 7) is 1.73. The first kappa shape index (κ1) is 13.3. The highest BCUT2D eigenvalue weighted by atomic mass is 35.5. The number of fused-ring (bicyclic) bond motifs is 1. The van der Waals surface area contributed by atoms with Crippen LogP contribution in [0.25, 0.3) is 0 Å². The number of benzene rings is 2. The van der Waals surface area contributed by atoms with Crippen molar-refractivity contribution in [1.82, 2.24) is 0 Å². The maximum absolute atomic E-state index is 5.94. The smallest absolute Gasteiger partial charge is 0.122 e. The molecule has 0 atom stereocenters. The maximum atomic E-state index is 5.94. The topological polar surface area (TPSA) is 21.3 Å². The summed E-state index contributed by atoms with van der Waals surface area (Å²) in [5, 5.41) is 3.46. The Balaban J connectivity index is 1.60. The highest BCUT2D eigenvalue weighted by Crippen LogP contribution is 2.26. The van der Waals surface area contributed by atoms with Gasteiger partial charge in [0, 0.05) is 24.5 Å². The van der Waals surface area contributed by atoms with Crippen molar-refractivity contribution in [2.24, 2.45) is 0 Å². The SMILES string of the molecule is ClCc1ccccc1NCCc1ccc2c(c1)CCO2. The van der Waals surface area contributed by atoms with Crippen molar-refractivity contribution in [3.05, 3.63) is 59.2 Å².